The van der Waals surface area contributed by atoms with Crippen LogP contribution in [0.25, 0.3) is 10.9 Å². The van der Waals surface area contributed by atoms with Crippen LogP contribution >= 0.6 is 0 Å². The van der Waals surface area contributed by atoms with Crippen LogP contribution in [0.15, 0.2) is 30.5 Å². The number of aryl methyl sites for hydroxylation is 1. The fourth-order valence-corrected chi connectivity index (χ4v) is 2.05. The number of aromatic amines is 1. The lowest BCUT2D eigenvalue weighted by Gasteiger charge is -2.02. The number of nitrogens with one attached hydrogen (secondary N) is 1. The molecular formula is C15H19NO2. The molecule has 1 aromatic carbocycles. The van der Waals surface area contributed by atoms with Gasteiger partial charge in [-0.25, -0.2) is 0 Å². The third kappa shape index (κ3) is 3.13. The Balaban J connectivity index is 1.85. The molecule has 0 saturated carbocycles. The van der Waals surface area contributed by atoms with E-state index in [0.717, 1.165) is 24.8 Å². The molecule has 0 saturated heterocycles. The second-order valence-corrected chi connectivity index (χ2v) is 4.43. The fraction of sp³-hybridized carbons (Fsp3) is 0.400. The monoisotopic (exact) mass is 245 g/mol. The maximum atomic E-state index is 11.4. The van der Waals surface area contributed by atoms with Crippen molar-refractivity contribution in [1.82, 2.24) is 4.98 Å². The Morgan fingerprint density at radius 3 is 3.00 bits per heavy atom. The number of ether oxygens (including phenoxy) is 1. The second kappa shape index (κ2) is 6.24. The minimum absolute atomic E-state index is 0.0864. The van der Waals surface area contributed by atoms with Crippen LogP contribution in [0.1, 0.15) is 31.7 Å². The van der Waals surface area contributed by atoms with Gasteiger partial charge in [0, 0.05) is 23.5 Å². The largest absolute Gasteiger partial charge is 0.466 e. The van der Waals surface area contributed by atoms with Crippen molar-refractivity contribution >= 4 is 16.9 Å². The minimum atomic E-state index is -0.0864. The highest BCUT2D eigenvalue weighted by molar-refractivity contribution is 5.83. The van der Waals surface area contributed by atoms with Crippen molar-refractivity contribution in [3.05, 3.63) is 36.0 Å². The summed E-state index contributed by atoms with van der Waals surface area (Å²) in [5.74, 6) is -0.0864. The van der Waals surface area contributed by atoms with Crippen LogP contribution < -0.4 is 0 Å². The Labute approximate surface area is 107 Å². The van der Waals surface area contributed by atoms with E-state index in [-0.39, 0.29) is 5.97 Å². The number of hydrogen-bond donors (Lipinski definition) is 1. The number of benzene rings is 1. The standard InChI is InChI=1S/C15H19NO2/c1-2-10-18-15(17)9-5-6-12-11-16-14-8-4-3-7-13(12)14/h3-4,7-8,11,16H,2,5-6,9-10H2,1H3. The normalized spacial score (nSPS) is 10.7. The van der Waals surface area contributed by atoms with E-state index in [4.69, 9.17) is 4.74 Å². The van der Waals surface area contributed by atoms with Gasteiger partial charge in [0.1, 0.15) is 0 Å². The van der Waals surface area contributed by atoms with Crippen LogP contribution in [0.3, 0.4) is 0 Å². The van der Waals surface area contributed by atoms with Crippen molar-refractivity contribution in [2.75, 3.05) is 6.61 Å². The fourth-order valence-electron chi connectivity index (χ4n) is 2.05. The van der Waals surface area contributed by atoms with E-state index in [1.54, 1.807) is 0 Å². The van der Waals surface area contributed by atoms with Crippen molar-refractivity contribution < 1.29 is 9.53 Å². The molecule has 3 nitrogen and oxygen atoms in total. The molecule has 0 radical (unpaired) electrons. The smallest absolute Gasteiger partial charge is 0.305 e. The number of fused-ring (bicyclic) bond motifs is 1. The molecule has 0 aliphatic rings. The summed E-state index contributed by atoms with van der Waals surface area (Å²) < 4.78 is 5.05. The molecule has 0 atom stereocenters. The molecule has 2 aromatic rings. The number of aromatic nitrogens is 1. The highest BCUT2D eigenvalue weighted by Crippen LogP contribution is 2.19. The summed E-state index contributed by atoms with van der Waals surface area (Å²) >= 11 is 0. The Bertz CT molecular complexity index is 516. The van der Waals surface area contributed by atoms with Gasteiger partial charge in [-0.3, -0.25) is 4.79 Å². The molecule has 0 aliphatic heterocycles. The third-order valence-electron chi connectivity index (χ3n) is 2.97. The number of hydrogen-bond acceptors (Lipinski definition) is 2. The van der Waals surface area contributed by atoms with E-state index in [2.05, 4.69) is 17.1 Å². The lowest BCUT2D eigenvalue weighted by atomic mass is 10.1. The maximum Gasteiger partial charge on any atom is 0.305 e. The Kier molecular flexibility index (Phi) is 4.40. The number of H-pyrrole nitrogens is 1. The summed E-state index contributed by atoms with van der Waals surface area (Å²) in [7, 11) is 0. The van der Waals surface area contributed by atoms with Crippen molar-refractivity contribution in [2.45, 2.75) is 32.6 Å². The zero-order valence-electron chi connectivity index (χ0n) is 10.7. The maximum absolute atomic E-state index is 11.4. The molecule has 96 valence electrons. The van der Waals surface area contributed by atoms with Gasteiger partial charge >= 0.3 is 5.97 Å². The summed E-state index contributed by atoms with van der Waals surface area (Å²) in [5, 5.41) is 1.25. The van der Waals surface area contributed by atoms with Gasteiger partial charge in [-0.15, -0.1) is 0 Å². The van der Waals surface area contributed by atoms with Crippen LogP contribution in [-0.4, -0.2) is 17.6 Å². The van der Waals surface area contributed by atoms with Crippen molar-refractivity contribution in [1.29, 1.82) is 0 Å². The molecule has 0 amide bonds. The topological polar surface area (TPSA) is 42.1 Å². The van der Waals surface area contributed by atoms with Gasteiger partial charge in [-0.05, 0) is 30.9 Å². The van der Waals surface area contributed by atoms with Crippen molar-refractivity contribution in [2.24, 2.45) is 0 Å². The van der Waals surface area contributed by atoms with Crippen molar-refractivity contribution in [3.63, 3.8) is 0 Å². The highest BCUT2D eigenvalue weighted by Gasteiger charge is 2.05. The lowest BCUT2D eigenvalue weighted by Crippen LogP contribution is -2.05. The van der Waals surface area contributed by atoms with Crippen LogP contribution in [0, 0.1) is 0 Å². The molecule has 0 bridgehead atoms. The summed E-state index contributed by atoms with van der Waals surface area (Å²) in [6.07, 6.45) is 5.16. The van der Waals surface area contributed by atoms with Gasteiger partial charge in [0.15, 0.2) is 0 Å². The molecule has 1 heterocycles. The van der Waals surface area contributed by atoms with Crippen LogP contribution in [0.2, 0.25) is 0 Å². The average molecular weight is 245 g/mol. The van der Waals surface area contributed by atoms with E-state index >= 15 is 0 Å². The van der Waals surface area contributed by atoms with Gasteiger partial charge in [0.2, 0.25) is 0 Å². The lowest BCUT2D eigenvalue weighted by molar-refractivity contribution is -0.143. The molecule has 18 heavy (non-hydrogen) atoms. The number of rotatable bonds is 6. The van der Waals surface area contributed by atoms with E-state index < -0.39 is 0 Å². The molecular weight excluding hydrogens is 226 g/mol. The number of para-hydroxylation sites is 1. The van der Waals surface area contributed by atoms with E-state index in [0.29, 0.717) is 13.0 Å². The van der Waals surface area contributed by atoms with E-state index in [1.165, 1.54) is 10.9 Å². The molecule has 0 unspecified atom stereocenters. The summed E-state index contributed by atoms with van der Waals surface area (Å²) in [4.78, 5) is 14.6. The molecule has 2 rings (SSSR count). The van der Waals surface area contributed by atoms with Crippen LogP contribution in [0.5, 0.6) is 0 Å². The Morgan fingerprint density at radius 1 is 1.33 bits per heavy atom. The zero-order chi connectivity index (χ0) is 12.8. The SMILES string of the molecule is CCCOC(=O)CCCc1c[nH]c2ccccc12. The predicted molar refractivity (Wildman–Crippen MR) is 72.5 cm³/mol. The summed E-state index contributed by atoms with van der Waals surface area (Å²) in [6, 6.07) is 8.23. The van der Waals surface area contributed by atoms with Crippen LogP contribution in [0.4, 0.5) is 0 Å². The molecule has 0 aliphatic carbocycles. The average Bonchev–Trinajstić information content (AvgIpc) is 2.80. The van der Waals surface area contributed by atoms with Gasteiger partial charge in [0.05, 0.1) is 6.61 Å². The summed E-state index contributed by atoms with van der Waals surface area (Å²) in [6.45, 7) is 2.53. The van der Waals surface area contributed by atoms with Gasteiger partial charge in [0.25, 0.3) is 0 Å². The quantitative estimate of drug-likeness (QED) is 0.792. The number of carbonyl (C=O) groups is 1. The first-order valence-corrected chi connectivity index (χ1v) is 6.52. The van der Waals surface area contributed by atoms with Gasteiger partial charge in [-0.1, -0.05) is 25.1 Å². The van der Waals surface area contributed by atoms with Crippen molar-refractivity contribution in [3.8, 4) is 0 Å². The Morgan fingerprint density at radius 2 is 2.17 bits per heavy atom. The first-order chi connectivity index (χ1) is 8.81. The highest BCUT2D eigenvalue weighted by atomic mass is 16.5. The minimum Gasteiger partial charge on any atom is -0.466 e. The van der Waals surface area contributed by atoms with Crippen LogP contribution in [-0.2, 0) is 16.0 Å². The van der Waals surface area contributed by atoms with Gasteiger partial charge in [-0.2, -0.15) is 0 Å². The second-order valence-electron chi connectivity index (χ2n) is 4.43. The molecule has 0 spiro atoms. The third-order valence-corrected chi connectivity index (χ3v) is 2.97. The molecule has 1 aromatic heterocycles. The Hall–Kier alpha value is -1.77. The van der Waals surface area contributed by atoms with E-state index in [9.17, 15) is 4.79 Å². The molecule has 1 N–H and O–H groups in total. The number of carbonyl (C=O) groups excluding carboxylic acids is 1. The predicted octanol–water partition coefficient (Wildman–Crippen LogP) is 3.44. The molecule has 0 fully saturated rings. The molecule has 3 heteroatoms. The van der Waals surface area contributed by atoms with Gasteiger partial charge < -0.3 is 9.72 Å². The zero-order valence-corrected chi connectivity index (χ0v) is 10.7. The summed E-state index contributed by atoms with van der Waals surface area (Å²) in [5.41, 5.74) is 2.43. The number of esters is 1. The van der Waals surface area contributed by atoms with E-state index in [1.807, 2.05) is 25.3 Å². The first-order valence-electron chi connectivity index (χ1n) is 6.52. The first kappa shape index (κ1) is 12.7.